The number of nitro benzene ring substituents is 1. The second kappa shape index (κ2) is 7.82. The van der Waals surface area contributed by atoms with E-state index in [9.17, 15) is 14.9 Å². The number of carbonyl (C=O) groups excluding carboxylic acids is 1. The first kappa shape index (κ1) is 15.5. The van der Waals surface area contributed by atoms with Gasteiger partial charge in [0.15, 0.2) is 0 Å². The zero-order valence-corrected chi connectivity index (χ0v) is 11.7. The van der Waals surface area contributed by atoms with Crippen molar-refractivity contribution in [3.63, 3.8) is 0 Å². The van der Waals surface area contributed by atoms with Crippen molar-refractivity contribution in [2.75, 3.05) is 19.8 Å². The number of nitro groups is 1. The molecule has 0 aliphatic rings. The second-order valence-corrected chi connectivity index (χ2v) is 4.59. The summed E-state index contributed by atoms with van der Waals surface area (Å²) in [4.78, 5) is 20.7. The Bertz CT molecular complexity index is 467. The molecule has 0 heterocycles. The predicted octanol–water partition coefficient (Wildman–Crippen LogP) is 0.949. The highest BCUT2D eigenvalue weighted by Gasteiger charge is 2.11. The van der Waals surface area contributed by atoms with Gasteiger partial charge >= 0.3 is 0 Å². The summed E-state index contributed by atoms with van der Waals surface area (Å²) in [7, 11) is 0. The number of nitrogens with two attached hydrogens (primary N) is 1. The summed E-state index contributed by atoms with van der Waals surface area (Å²) in [6, 6.07) is 4.93. The molecule has 0 aliphatic carbocycles. The van der Waals surface area contributed by atoms with Crippen molar-refractivity contribution in [3.8, 4) is 0 Å². The standard InChI is InChI=1S/C11H14BrN3O4/c12-9-2-1-8(5-10(9)15(17)18)6-14-3-4-19-7-11(13)16/h1-2,5,14H,3-4,6-7H2,(H2,13,16). The Labute approximate surface area is 118 Å². The number of amides is 1. The molecule has 104 valence electrons. The average Bonchev–Trinajstić information content (AvgIpc) is 2.34. The zero-order valence-electron chi connectivity index (χ0n) is 10.1. The smallest absolute Gasteiger partial charge is 0.283 e. The Morgan fingerprint density at radius 1 is 1.53 bits per heavy atom. The molecule has 8 heteroatoms. The molecular weight excluding hydrogens is 318 g/mol. The van der Waals surface area contributed by atoms with Gasteiger partial charge < -0.3 is 15.8 Å². The molecule has 0 aliphatic heterocycles. The van der Waals surface area contributed by atoms with E-state index in [4.69, 9.17) is 10.5 Å². The van der Waals surface area contributed by atoms with Gasteiger partial charge in [0, 0.05) is 19.2 Å². The summed E-state index contributed by atoms with van der Waals surface area (Å²) < 4.78 is 5.41. The maximum atomic E-state index is 10.7. The number of hydrogen-bond donors (Lipinski definition) is 2. The molecule has 19 heavy (non-hydrogen) atoms. The quantitative estimate of drug-likeness (QED) is 0.419. The fraction of sp³-hybridized carbons (Fsp3) is 0.364. The maximum absolute atomic E-state index is 10.7. The summed E-state index contributed by atoms with van der Waals surface area (Å²) in [6.45, 7) is 1.25. The summed E-state index contributed by atoms with van der Waals surface area (Å²) >= 11 is 3.12. The van der Waals surface area contributed by atoms with Crippen LogP contribution in [0, 0.1) is 10.1 Å². The molecule has 1 aromatic rings. The molecule has 1 rings (SSSR count). The minimum Gasteiger partial charge on any atom is -0.370 e. The second-order valence-electron chi connectivity index (χ2n) is 3.74. The van der Waals surface area contributed by atoms with E-state index in [2.05, 4.69) is 21.2 Å². The third-order valence-electron chi connectivity index (χ3n) is 2.20. The molecular formula is C11H14BrN3O4. The van der Waals surface area contributed by atoms with Crippen molar-refractivity contribution in [1.29, 1.82) is 0 Å². The van der Waals surface area contributed by atoms with Crippen molar-refractivity contribution >= 4 is 27.5 Å². The normalized spacial score (nSPS) is 10.4. The highest BCUT2D eigenvalue weighted by atomic mass is 79.9. The number of halogens is 1. The first-order chi connectivity index (χ1) is 9.00. The fourth-order valence-electron chi connectivity index (χ4n) is 1.36. The van der Waals surface area contributed by atoms with Gasteiger partial charge in [-0.25, -0.2) is 0 Å². The van der Waals surface area contributed by atoms with E-state index in [1.165, 1.54) is 6.07 Å². The van der Waals surface area contributed by atoms with Crippen molar-refractivity contribution in [2.45, 2.75) is 6.54 Å². The third kappa shape index (κ3) is 5.77. The Balaban J connectivity index is 2.35. The van der Waals surface area contributed by atoms with Gasteiger partial charge in [0.05, 0.1) is 16.0 Å². The zero-order chi connectivity index (χ0) is 14.3. The minimum absolute atomic E-state index is 0.0317. The highest BCUT2D eigenvalue weighted by Crippen LogP contribution is 2.25. The van der Waals surface area contributed by atoms with Gasteiger partial charge in [0.25, 0.3) is 5.69 Å². The Morgan fingerprint density at radius 2 is 2.26 bits per heavy atom. The lowest BCUT2D eigenvalue weighted by Crippen LogP contribution is -2.23. The van der Waals surface area contributed by atoms with E-state index < -0.39 is 10.8 Å². The number of primary amides is 1. The van der Waals surface area contributed by atoms with E-state index in [1.54, 1.807) is 12.1 Å². The van der Waals surface area contributed by atoms with E-state index >= 15 is 0 Å². The molecule has 0 fully saturated rings. The van der Waals surface area contributed by atoms with E-state index in [-0.39, 0.29) is 12.3 Å². The van der Waals surface area contributed by atoms with Gasteiger partial charge in [-0.1, -0.05) is 6.07 Å². The van der Waals surface area contributed by atoms with Crippen LogP contribution in [0.4, 0.5) is 5.69 Å². The van der Waals surface area contributed by atoms with Crippen LogP contribution in [0.3, 0.4) is 0 Å². The van der Waals surface area contributed by atoms with Crippen LogP contribution in [0.1, 0.15) is 5.56 Å². The lowest BCUT2D eigenvalue weighted by molar-refractivity contribution is -0.385. The Morgan fingerprint density at radius 3 is 2.89 bits per heavy atom. The van der Waals surface area contributed by atoms with E-state index in [0.717, 1.165) is 5.56 Å². The van der Waals surface area contributed by atoms with Crippen LogP contribution in [0.15, 0.2) is 22.7 Å². The number of rotatable bonds is 8. The van der Waals surface area contributed by atoms with Crippen molar-refractivity contribution in [2.24, 2.45) is 5.73 Å². The number of hydrogen-bond acceptors (Lipinski definition) is 5. The monoisotopic (exact) mass is 331 g/mol. The molecule has 0 radical (unpaired) electrons. The SMILES string of the molecule is NC(=O)COCCNCc1ccc(Br)c([N+](=O)[O-])c1. The molecule has 7 nitrogen and oxygen atoms in total. The van der Waals surface area contributed by atoms with Crippen molar-refractivity contribution in [1.82, 2.24) is 5.32 Å². The van der Waals surface area contributed by atoms with Gasteiger partial charge in [-0.3, -0.25) is 14.9 Å². The van der Waals surface area contributed by atoms with Crippen molar-refractivity contribution in [3.05, 3.63) is 38.3 Å². The largest absolute Gasteiger partial charge is 0.370 e. The molecule has 0 aromatic heterocycles. The topological polar surface area (TPSA) is 107 Å². The summed E-state index contributed by atoms with van der Waals surface area (Å²) in [5.74, 6) is -0.511. The van der Waals surface area contributed by atoms with Crippen LogP contribution in [0.5, 0.6) is 0 Å². The molecule has 0 atom stereocenters. The lowest BCUT2D eigenvalue weighted by atomic mass is 10.2. The lowest BCUT2D eigenvalue weighted by Gasteiger charge is -2.05. The summed E-state index contributed by atoms with van der Waals surface area (Å²) in [5.41, 5.74) is 5.73. The van der Waals surface area contributed by atoms with Gasteiger partial charge in [-0.15, -0.1) is 0 Å². The number of nitrogens with zero attached hydrogens (tertiary/aromatic N) is 1. The first-order valence-electron chi connectivity index (χ1n) is 5.50. The molecule has 0 spiro atoms. The van der Waals surface area contributed by atoms with Crippen LogP contribution in [0.2, 0.25) is 0 Å². The molecule has 0 bridgehead atoms. The van der Waals surface area contributed by atoms with Crippen LogP contribution < -0.4 is 11.1 Å². The highest BCUT2D eigenvalue weighted by molar-refractivity contribution is 9.10. The third-order valence-corrected chi connectivity index (χ3v) is 2.87. The number of ether oxygens (including phenoxy) is 1. The fourth-order valence-corrected chi connectivity index (χ4v) is 1.75. The molecule has 0 saturated heterocycles. The van der Waals surface area contributed by atoms with Gasteiger partial charge in [-0.2, -0.15) is 0 Å². The van der Waals surface area contributed by atoms with Crippen molar-refractivity contribution < 1.29 is 14.5 Å². The Kier molecular flexibility index (Phi) is 6.40. The van der Waals surface area contributed by atoms with E-state index in [1.807, 2.05) is 0 Å². The molecule has 0 saturated carbocycles. The molecule has 1 amide bonds. The molecule has 0 unspecified atom stereocenters. The van der Waals surface area contributed by atoms with Crippen LogP contribution in [-0.2, 0) is 16.1 Å². The summed E-state index contributed by atoms with van der Waals surface area (Å²) in [6.07, 6.45) is 0. The Hall–Kier alpha value is -1.51. The number of carbonyl (C=O) groups is 1. The predicted molar refractivity (Wildman–Crippen MR) is 72.5 cm³/mol. The summed E-state index contributed by atoms with van der Waals surface area (Å²) in [5, 5.41) is 13.8. The van der Waals surface area contributed by atoms with Gasteiger partial charge in [-0.05, 0) is 27.6 Å². The molecule has 1 aromatic carbocycles. The van der Waals surface area contributed by atoms with E-state index in [0.29, 0.717) is 24.2 Å². The number of nitrogens with one attached hydrogen (secondary N) is 1. The van der Waals surface area contributed by atoms with Gasteiger partial charge in [0.1, 0.15) is 6.61 Å². The number of benzene rings is 1. The minimum atomic E-state index is -0.511. The van der Waals surface area contributed by atoms with Crippen LogP contribution >= 0.6 is 15.9 Å². The van der Waals surface area contributed by atoms with Gasteiger partial charge in [0.2, 0.25) is 5.91 Å². The van der Waals surface area contributed by atoms with Crippen LogP contribution in [-0.4, -0.2) is 30.6 Å². The first-order valence-corrected chi connectivity index (χ1v) is 6.29. The average molecular weight is 332 g/mol. The molecule has 3 N–H and O–H groups in total. The van der Waals surface area contributed by atoms with Crippen LogP contribution in [0.25, 0.3) is 0 Å². The maximum Gasteiger partial charge on any atom is 0.283 e.